The molecule has 11 heteroatoms. The smallest absolute Gasteiger partial charge is 0.340 e. The van der Waals surface area contributed by atoms with Crippen molar-refractivity contribution in [3.63, 3.8) is 0 Å². The molecule has 0 saturated heterocycles. The molecule has 1 amide bonds. The van der Waals surface area contributed by atoms with Crippen LogP contribution in [0.3, 0.4) is 0 Å². The first-order valence-electron chi connectivity index (χ1n) is 10.7. The van der Waals surface area contributed by atoms with E-state index in [1.54, 1.807) is 23.7 Å². The lowest BCUT2D eigenvalue weighted by atomic mass is 9.98. The van der Waals surface area contributed by atoms with Crippen molar-refractivity contribution in [2.45, 2.75) is 25.8 Å². The molecule has 3 aliphatic heterocycles. The van der Waals surface area contributed by atoms with Gasteiger partial charge in [-0.15, -0.1) is 0 Å². The third kappa shape index (κ3) is 2.83. The number of esters is 1. The highest BCUT2D eigenvalue weighted by Crippen LogP contribution is 2.42. The van der Waals surface area contributed by atoms with Crippen LogP contribution in [0.4, 0.5) is 0 Å². The first kappa shape index (κ1) is 20.6. The summed E-state index contributed by atoms with van der Waals surface area (Å²) >= 11 is 0. The van der Waals surface area contributed by atoms with Crippen LogP contribution in [-0.4, -0.2) is 51.8 Å². The minimum absolute atomic E-state index is 0.102. The van der Waals surface area contributed by atoms with Crippen molar-refractivity contribution in [1.29, 1.82) is 0 Å². The summed E-state index contributed by atoms with van der Waals surface area (Å²) in [7, 11) is 1.66. The minimum Gasteiger partial charge on any atom is -0.458 e. The van der Waals surface area contributed by atoms with E-state index in [1.165, 1.54) is 4.90 Å². The van der Waals surface area contributed by atoms with Gasteiger partial charge in [0.1, 0.15) is 6.61 Å². The van der Waals surface area contributed by atoms with Gasteiger partial charge in [-0.25, -0.2) is 9.78 Å². The molecule has 0 bridgehead atoms. The van der Waals surface area contributed by atoms with E-state index in [1.807, 2.05) is 6.07 Å². The molecule has 1 unspecified atom stereocenters. The van der Waals surface area contributed by atoms with E-state index < -0.39 is 12.1 Å². The van der Waals surface area contributed by atoms with Crippen LogP contribution in [0.2, 0.25) is 0 Å². The van der Waals surface area contributed by atoms with Crippen molar-refractivity contribution in [1.82, 2.24) is 14.5 Å². The van der Waals surface area contributed by atoms with Crippen molar-refractivity contribution in [2.75, 3.05) is 20.4 Å². The molecule has 0 saturated carbocycles. The molecule has 6 rings (SSSR count). The Labute approximate surface area is 192 Å². The zero-order valence-electron chi connectivity index (χ0n) is 18.2. The summed E-state index contributed by atoms with van der Waals surface area (Å²) in [6, 6.07) is 5.21. The number of cyclic esters (lactones) is 1. The Morgan fingerprint density at radius 1 is 1.21 bits per heavy atom. The van der Waals surface area contributed by atoms with Crippen molar-refractivity contribution >= 4 is 22.8 Å². The first-order valence-corrected chi connectivity index (χ1v) is 10.7. The second kappa shape index (κ2) is 7.27. The Morgan fingerprint density at radius 2 is 1.97 bits per heavy atom. The topological polar surface area (TPSA) is 146 Å². The standard InChI is InChI=1S/C23H20N4O7/c1-26(19(28)5-24)6-12-10-3-17-18(34-9-33-17)4-15(10)25-20-13(12)7-27-16(20)2-11-14(22(27)30)8-32-23(31)21(11)29/h2-4,21,29H,5-9,24H2,1H3. The molecular weight excluding hydrogens is 444 g/mol. The molecule has 1 atom stereocenters. The number of carbonyl (C=O) groups excluding carboxylic acids is 2. The van der Waals surface area contributed by atoms with Crippen molar-refractivity contribution in [3.8, 4) is 22.9 Å². The van der Waals surface area contributed by atoms with Crippen molar-refractivity contribution < 1.29 is 28.9 Å². The molecule has 2 aromatic heterocycles. The molecule has 0 aliphatic carbocycles. The lowest BCUT2D eigenvalue weighted by Gasteiger charge is -2.21. The quantitative estimate of drug-likeness (QED) is 0.405. The minimum atomic E-state index is -1.53. The summed E-state index contributed by atoms with van der Waals surface area (Å²) in [6.07, 6.45) is -1.53. The molecule has 34 heavy (non-hydrogen) atoms. The van der Waals surface area contributed by atoms with E-state index in [0.29, 0.717) is 28.4 Å². The van der Waals surface area contributed by atoms with Crippen molar-refractivity contribution in [2.24, 2.45) is 5.73 Å². The number of amides is 1. The fraction of sp³-hybridized carbons (Fsp3) is 0.304. The van der Waals surface area contributed by atoms with E-state index in [9.17, 15) is 19.5 Å². The number of likely N-dealkylation sites (N-methyl/N-ethyl adjacent to an activating group) is 1. The first-order chi connectivity index (χ1) is 16.4. The van der Waals surface area contributed by atoms with Gasteiger partial charge in [-0.2, -0.15) is 0 Å². The van der Waals surface area contributed by atoms with Crippen molar-refractivity contribution in [3.05, 3.63) is 50.8 Å². The van der Waals surface area contributed by atoms with Crippen LogP contribution in [0.25, 0.3) is 22.3 Å². The van der Waals surface area contributed by atoms with E-state index in [4.69, 9.17) is 24.9 Å². The highest BCUT2D eigenvalue weighted by molar-refractivity contribution is 5.91. The van der Waals surface area contributed by atoms with Gasteiger partial charge in [-0.3, -0.25) is 9.59 Å². The Hall–Kier alpha value is -3.96. The number of hydrogen-bond donors (Lipinski definition) is 2. The maximum atomic E-state index is 13.3. The summed E-state index contributed by atoms with van der Waals surface area (Å²) in [6.45, 7) is 0.233. The number of carbonyl (C=O) groups is 2. The third-order valence-corrected chi connectivity index (χ3v) is 6.56. The molecule has 11 nitrogen and oxygen atoms in total. The van der Waals surface area contributed by atoms with Gasteiger partial charge in [0.25, 0.3) is 5.56 Å². The Morgan fingerprint density at radius 3 is 2.74 bits per heavy atom. The Balaban J connectivity index is 1.60. The van der Waals surface area contributed by atoms with Gasteiger partial charge in [-0.05, 0) is 17.7 Å². The van der Waals surface area contributed by atoms with Crippen LogP contribution in [-0.2, 0) is 34.0 Å². The van der Waals surface area contributed by atoms with Crippen LogP contribution < -0.4 is 20.8 Å². The number of aliphatic hydroxyl groups is 1. The molecule has 174 valence electrons. The zero-order chi connectivity index (χ0) is 23.7. The van der Waals surface area contributed by atoms with Gasteiger partial charge in [-0.1, -0.05) is 0 Å². The largest absolute Gasteiger partial charge is 0.458 e. The summed E-state index contributed by atoms with van der Waals surface area (Å²) in [5.74, 6) is 0.0970. The summed E-state index contributed by atoms with van der Waals surface area (Å²) in [5, 5.41) is 11.1. The summed E-state index contributed by atoms with van der Waals surface area (Å²) in [4.78, 5) is 43.8. The van der Waals surface area contributed by atoms with Crippen LogP contribution in [0.15, 0.2) is 23.0 Å². The van der Waals surface area contributed by atoms with E-state index >= 15 is 0 Å². The fourth-order valence-electron chi connectivity index (χ4n) is 4.76. The number of pyridine rings is 2. The molecule has 5 heterocycles. The predicted molar refractivity (Wildman–Crippen MR) is 117 cm³/mol. The Bertz CT molecular complexity index is 1480. The predicted octanol–water partition coefficient (Wildman–Crippen LogP) is 0.161. The molecule has 1 aromatic carbocycles. The summed E-state index contributed by atoms with van der Waals surface area (Å²) < 4.78 is 17.6. The molecular formula is C23H20N4O7. The van der Waals surface area contributed by atoms with Gasteiger partial charge in [0.05, 0.1) is 35.6 Å². The molecule has 3 aromatic rings. The second-order valence-electron chi connectivity index (χ2n) is 8.46. The number of aromatic nitrogens is 2. The number of rotatable bonds is 3. The number of benzene rings is 1. The highest BCUT2D eigenvalue weighted by Gasteiger charge is 2.35. The van der Waals surface area contributed by atoms with Gasteiger partial charge in [0.2, 0.25) is 12.7 Å². The highest BCUT2D eigenvalue weighted by atomic mass is 16.7. The lowest BCUT2D eigenvalue weighted by Crippen LogP contribution is -2.33. The average molecular weight is 464 g/mol. The number of fused-ring (bicyclic) bond motifs is 6. The number of nitrogens with zero attached hydrogens (tertiary/aromatic N) is 3. The van der Waals surface area contributed by atoms with E-state index in [-0.39, 0.29) is 55.6 Å². The lowest BCUT2D eigenvalue weighted by molar-refractivity contribution is -0.157. The Kier molecular flexibility index (Phi) is 4.41. The third-order valence-electron chi connectivity index (χ3n) is 6.56. The van der Waals surface area contributed by atoms with Gasteiger partial charge in [0, 0.05) is 36.2 Å². The SMILES string of the molecule is CN(Cc1c2c(nc3cc4c(cc13)OCO4)-c1cc3c(c(=O)n1C2)COC(=O)C3O)C(=O)CN. The number of ether oxygens (including phenoxy) is 3. The average Bonchev–Trinajstić information content (AvgIpc) is 3.44. The van der Waals surface area contributed by atoms with Crippen LogP contribution >= 0.6 is 0 Å². The monoisotopic (exact) mass is 464 g/mol. The number of aliphatic hydroxyl groups excluding tert-OH is 1. The van der Waals surface area contributed by atoms with Crippen LogP contribution in [0, 0.1) is 0 Å². The molecule has 3 N–H and O–H groups in total. The number of nitrogens with two attached hydrogens (primary N) is 1. The maximum Gasteiger partial charge on any atom is 0.340 e. The zero-order valence-corrected chi connectivity index (χ0v) is 18.2. The van der Waals surface area contributed by atoms with Gasteiger partial charge < -0.3 is 34.5 Å². The molecule has 0 fully saturated rings. The fourth-order valence-corrected chi connectivity index (χ4v) is 4.76. The molecule has 0 spiro atoms. The van der Waals surface area contributed by atoms with E-state index in [0.717, 1.165) is 16.5 Å². The molecule has 0 radical (unpaired) electrons. The number of hydrogen-bond acceptors (Lipinski definition) is 9. The van der Waals surface area contributed by atoms with Crippen LogP contribution in [0.5, 0.6) is 11.5 Å². The maximum absolute atomic E-state index is 13.3. The van der Waals surface area contributed by atoms with Crippen LogP contribution in [0.1, 0.15) is 28.4 Å². The molecule has 3 aliphatic rings. The normalized spacial score (nSPS) is 17.3. The van der Waals surface area contributed by atoms with E-state index in [2.05, 4.69) is 0 Å². The summed E-state index contributed by atoms with van der Waals surface area (Å²) in [5.41, 5.74) is 8.88. The van der Waals surface area contributed by atoms with Gasteiger partial charge >= 0.3 is 5.97 Å². The second-order valence-corrected chi connectivity index (χ2v) is 8.46. The van der Waals surface area contributed by atoms with Gasteiger partial charge in [0.15, 0.2) is 17.6 Å².